The van der Waals surface area contributed by atoms with Gasteiger partial charge in [0, 0.05) is 12.1 Å². The number of pyridine rings is 1. The average molecular weight is 409 g/mol. The fourth-order valence-electron chi connectivity index (χ4n) is 2.39. The first-order valence-electron chi connectivity index (χ1n) is 6.88. The molecule has 0 aliphatic heterocycles. The zero-order valence-electron chi connectivity index (χ0n) is 12.4. The summed E-state index contributed by atoms with van der Waals surface area (Å²) in [5.41, 5.74) is -0.177. The summed E-state index contributed by atoms with van der Waals surface area (Å²) in [5.74, 6) is -0.656. The van der Waals surface area contributed by atoms with Crippen LogP contribution in [-0.2, 0) is 6.54 Å². The summed E-state index contributed by atoms with van der Waals surface area (Å²) in [7, 11) is 0. The van der Waals surface area contributed by atoms with Crippen molar-refractivity contribution in [3.8, 4) is 11.8 Å². The van der Waals surface area contributed by atoms with E-state index in [1.807, 2.05) is 6.07 Å². The maximum Gasteiger partial charge on any atom is 0.336 e. The molecule has 3 heterocycles. The molecule has 122 valence electrons. The molecule has 0 N–H and O–H groups in total. The summed E-state index contributed by atoms with van der Waals surface area (Å²) in [4.78, 5) is 29.1. The van der Waals surface area contributed by atoms with Gasteiger partial charge in [-0.25, -0.2) is 14.3 Å². The second-order valence-corrected chi connectivity index (χ2v) is 7.48. The summed E-state index contributed by atoms with van der Waals surface area (Å²) in [6.07, 6.45) is 1.27. The molecule has 0 aliphatic carbocycles. The number of nitrogens with zero attached hydrogens (tertiary/aromatic N) is 4. The van der Waals surface area contributed by atoms with Crippen LogP contribution in [0.25, 0.3) is 15.9 Å². The van der Waals surface area contributed by atoms with Crippen LogP contribution in [0.4, 0.5) is 4.39 Å². The predicted octanol–water partition coefficient (Wildman–Crippen LogP) is 2.73. The van der Waals surface area contributed by atoms with Gasteiger partial charge in [0.1, 0.15) is 4.70 Å². The molecule has 0 fully saturated rings. The lowest BCUT2D eigenvalue weighted by atomic mass is 10.3. The molecule has 6 nitrogen and oxygen atoms in total. The van der Waals surface area contributed by atoms with Gasteiger partial charge in [-0.15, -0.1) is 11.3 Å². The van der Waals surface area contributed by atoms with E-state index in [4.69, 9.17) is 5.26 Å². The highest BCUT2D eigenvalue weighted by Crippen LogP contribution is 2.27. The Labute approximate surface area is 147 Å². The first-order valence-corrected chi connectivity index (χ1v) is 8.49. The van der Waals surface area contributed by atoms with Gasteiger partial charge >= 0.3 is 5.69 Å². The zero-order chi connectivity index (χ0) is 17.4. The van der Waals surface area contributed by atoms with Crippen molar-refractivity contribution in [3.05, 3.63) is 54.5 Å². The van der Waals surface area contributed by atoms with Gasteiger partial charge in [0.2, 0.25) is 5.95 Å². The van der Waals surface area contributed by atoms with Crippen LogP contribution in [0, 0.1) is 24.2 Å². The van der Waals surface area contributed by atoms with E-state index < -0.39 is 17.2 Å². The van der Waals surface area contributed by atoms with Crippen LogP contribution < -0.4 is 11.2 Å². The molecular formula is C15H10BrFN4O2S. The molecule has 0 bridgehead atoms. The number of thiophene rings is 1. The van der Waals surface area contributed by atoms with Crippen LogP contribution in [0.3, 0.4) is 0 Å². The minimum Gasteiger partial charge on any atom is -0.291 e. The molecule has 0 saturated carbocycles. The predicted molar refractivity (Wildman–Crippen MR) is 92.1 cm³/mol. The van der Waals surface area contributed by atoms with Gasteiger partial charge in [0.25, 0.3) is 5.56 Å². The van der Waals surface area contributed by atoms with Gasteiger partial charge in [0.05, 0.1) is 33.7 Å². The topological polar surface area (TPSA) is 80.7 Å². The number of fused-ring (bicyclic) bond motifs is 1. The third kappa shape index (κ3) is 2.68. The number of rotatable bonds is 3. The molecule has 0 saturated heterocycles. The van der Waals surface area contributed by atoms with Crippen molar-refractivity contribution in [1.29, 1.82) is 5.26 Å². The van der Waals surface area contributed by atoms with E-state index in [1.54, 1.807) is 6.07 Å². The van der Waals surface area contributed by atoms with Crippen molar-refractivity contribution in [1.82, 2.24) is 14.1 Å². The molecule has 3 aromatic heterocycles. The van der Waals surface area contributed by atoms with Gasteiger partial charge in [-0.2, -0.15) is 9.65 Å². The highest BCUT2D eigenvalue weighted by Gasteiger charge is 2.17. The molecular weight excluding hydrogens is 399 g/mol. The van der Waals surface area contributed by atoms with Crippen LogP contribution in [-0.4, -0.2) is 14.1 Å². The van der Waals surface area contributed by atoms with Crippen molar-refractivity contribution in [2.24, 2.45) is 0 Å². The minimum absolute atomic E-state index is 0.126. The van der Waals surface area contributed by atoms with Crippen molar-refractivity contribution in [2.75, 3.05) is 0 Å². The smallest absolute Gasteiger partial charge is 0.291 e. The highest BCUT2D eigenvalue weighted by molar-refractivity contribution is 9.11. The second-order valence-electron chi connectivity index (χ2n) is 5.05. The fourth-order valence-corrected chi connectivity index (χ4v) is 3.91. The second kappa shape index (κ2) is 6.30. The Bertz CT molecular complexity index is 1110. The zero-order valence-corrected chi connectivity index (χ0v) is 14.8. The Morgan fingerprint density at radius 1 is 1.42 bits per heavy atom. The van der Waals surface area contributed by atoms with Gasteiger partial charge < -0.3 is 0 Å². The number of hydrogen-bond donors (Lipinski definition) is 0. The molecule has 0 aliphatic rings. The number of nitriles is 1. The number of aryl methyl sites for hydroxylation is 2. The first kappa shape index (κ1) is 16.5. The van der Waals surface area contributed by atoms with Crippen LogP contribution in [0.15, 0.2) is 31.7 Å². The maximum absolute atomic E-state index is 13.4. The highest BCUT2D eigenvalue weighted by atomic mass is 79.9. The molecule has 0 amide bonds. The van der Waals surface area contributed by atoms with Crippen LogP contribution in [0.2, 0.25) is 0 Å². The average Bonchev–Trinajstić information content (AvgIpc) is 2.93. The van der Waals surface area contributed by atoms with E-state index in [0.29, 0.717) is 14.0 Å². The van der Waals surface area contributed by atoms with Gasteiger partial charge in [-0.3, -0.25) is 9.36 Å². The molecule has 0 aromatic carbocycles. The third-order valence-electron chi connectivity index (χ3n) is 3.50. The number of aromatic nitrogens is 3. The van der Waals surface area contributed by atoms with Crippen LogP contribution in [0.1, 0.15) is 12.0 Å². The number of hydrogen-bond acceptors (Lipinski definition) is 5. The molecule has 0 spiro atoms. The minimum atomic E-state index is -0.656. The van der Waals surface area contributed by atoms with E-state index in [0.717, 1.165) is 10.8 Å². The molecule has 24 heavy (non-hydrogen) atoms. The maximum atomic E-state index is 13.4. The monoisotopic (exact) mass is 408 g/mol. The van der Waals surface area contributed by atoms with Crippen molar-refractivity contribution >= 4 is 37.5 Å². The van der Waals surface area contributed by atoms with Gasteiger partial charge in [0.15, 0.2) is 0 Å². The van der Waals surface area contributed by atoms with Crippen LogP contribution >= 0.6 is 27.3 Å². The molecule has 0 atom stereocenters. The first-order chi connectivity index (χ1) is 11.4. The molecule has 3 aromatic rings. The third-order valence-corrected chi connectivity index (χ3v) is 5.11. The quantitative estimate of drug-likeness (QED) is 0.623. The van der Waals surface area contributed by atoms with Gasteiger partial charge in [-0.05, 0) is 35.0 Å². The standard InChI is InChI=1S/C15H10BrFN4O2S/c1-8-5-9(7-19-13(8)17)21-14(22)12-10(6-11(16)24-12)20(15(21)23)4-2-3-18/h5-7H,2,4H2,1H3. The summed E-state index contributed by atoms with van der Waals surface area (Å²) in [6, 6.07) is 5.06. The summed E-state index contributed by atoms with van der Waals surface area (Å²) in [5, 5.41) is 8.81. The fraction of sp³-hybridized carbons (Fsp3) is 0.200. The van der Waals surface area contributed by atoms with E-state index in [-0.39, 0.29) is 24.2 Å². The van der Waals surface area contributed by atoms with E-state index in [2.05, 4.69) is 20.9 Å². The Kier molecular flexibility index (Phi) is 4.34. The van der Waals surface area contributed by atoms with E-state index >= 15 is 0 Å². The Morgan fingerprint density at radius 3 is 2.83 bits per heavy atom. The summed E-state index contributed by atoms with van der Waals surface area (Å²) < 4.78 is 16.8. The Morgan fingerprint density at radius 2 is 2.17 bits per heavy atom. The Hall–Kier alpha value is -2.31. The SMILES string of the molecule is Cc1cc(-n2c(=O)c3sc(Br)cc3n(CCC#N)c2=O)cnc1F. The lowest BCUT2D eigenvalue weighted by Gasteiger charge is -2.11. The molecule has 0 radical (unpaired) electrons. The molecule has 9 heteroatoms. The van der Waals surface area contributed by atoms with Crippen LogP contribution in [0.5, 0.6) is 0 Å². The van der Waals surface area contributed by atoms with Crippen molar-refractivity contribution in [2.45, 2.75) is 19.9 Å². The summed E-state index contributed by atoms with van der Waals surface area (Å²) >= 11 is 4.51. The molecule has 3 rings (SSSR count). The van der Waals surface area contributed by atoms with Crippen molar-refractivity contribution in [3.63, 3.8) is 0 Å². The molecule has 0 unspecified atom stereocenters. The van der Waals surface area contributed by atoms with Crippen molar-refractivity contribution < 1.29 is 4.39 Å². The lowest BCUT2D eigenvalue weighted by Crippen LogP contribution is -2.38. The summed E-state index contributed by atoms with van der Waals surface area (Å²) in [6.45, 7) is 1.66. The number of halogens is 2. The largest absolute Gasteiger partial charge is 0.336 e. The lowest BCUT2D eigenvalue weighted by molar-refractivity contribution is 0.572. The van der Waals surface area contributed by atoms with E-state index in [9.17, 15) is 14.0 Å². The Balaban J connectivity index is 2.39. The van der Waals surface area contributed by atoms with E-state index in [1.165, 1.54) is 28.9 Å². The normalized spacial score (nSPS) is 10.9. The van der Waals surface area contributed by atoms with Gasteiger partial charge in [-0.1, -0.05) is 0 Å².